The van der Waals surface area contributed by atoms with Gasteiger partial charge in [-0.15, -0.1) is 0 Å². The highest BCUT2D eigenvalue weighted by Gasteiger charge is 2.09. The van der Waals surface area contributed by atoms with Crippen LogP contribution in [-0.4, -0.2) is 16.9 Å². The van der Waals surface area contributed by atoms with Crippen molar-refractivity contribution >= 4 is 11.8 Å². The number of hydrogen-bond donors (Lipinski definition) is 1. The summed E-state index contributed by atoms with van der Waals surface area (Å²) >= 11 is 0. The van der Waals surface area contributed by atoms with E-state index < -0.39 is 5.97 Å². The van der Waals surface area contributed by atoms with E-state index in [0.29, 0.717) is 0 Å². The molecule has 1 rings (SSSR count). The molecule has 0 spiro atoms. The van der Waals surface area contributed by atoms with Gasteiger partial charge < -0.3 is 9.84 Å². The number of hydrogen-bond acceptors (Lipinski definition) is 4. The predicted molar refractivity (Wildman–Crippen MR) is 58.6 cm³/mol. The molecule has 0 unspecified atom stereocenters. The van der Waals surface area contributed by atoms with Crippen LogP contribution in [0.15, 0.2) is 30.4 Å². The lowest BCUT2D eigenvalue weighted by molar-refractivity contribution is -0.130. The molecule has 84 valence electrons. The van der Waals surface area contributed by atoms with Gasteiger partial charge in [-0.1, -0.05) is 6.58 Å². The standard InChI is InChI=1S/C12H12O4/c1-7(2)12(15)16-11-5-9(8(3)13)4-10(14)6-11/h4-6,14H,1H2,2-3H3. The summed E-state index contributed by atoms with van der Waals surface area (Å²) in [5.41, 5.74) is 0.525. The normalized spacial score (nSPS) is 9.62. The predicted octanol–water partition coefficient (Wildman–Crippen LogP) is 2.08. The molecule has 4 nitrogen and oxygen atoms in total. The van der Waals surface area contributed by atoms with Crippen LogP contribution >= 0.6 is 0 Å². The van der Waals surface area contributed by atoms with Crippen molar-refractivity contribution < 1.29 is 19.4 Å². The van der Waals surface area contributed by atoms with Gasteiger partial charge in [-0.3, -0.25) is 4.79 Å². The molecule has 0 saturated heterocycles. The van der Waals surface area contributed by atoms with Gasteiger partial charge in [0.15, 0.2) is 5.78 Å². The molecule has 0 bridgehead atoms. The number of Topliss-reactive ketones (excluding diaryl/α,β-unsaturated/α-hetero) is 1. The van der Waals surface area contributed by atoms with E-state index in [9.17, 15) is 14.7 Å². The highest BCUT2D eigenvalue weighted by molar-refractivity contribution is 5.95. The third kappa shape index (κ3) is 2.95. The summed E-state index contributed by atoms with van der Waals surface area (Å²) in [7, 11) is 0. The molecule has 1 aromatic carbocycles. The lowest BCUT2D eigenvalue weighted by Crippen LogP contribution is -2.08. The highest BCUT2D eigenvalue weighted by Crippen LogP contribution is 2.22. The quantitative estimate of drug-likeness (QED) is 0.366. The largest absolute Gasteiger partial charge is 0.508 e. The molecule has 0 aliphatic rings. The number of benzene rings is 1. The van der Waals surface area contributed by atoms with Crippen LogP contribution in [0.25, 0.3) is 0 Å². The van der Waals surface area contributed by atoms with Crippen LogP contribution in [0.5, 0.6) is 11.5 Å². The molecule has 0 heterocycles. The van der Waals surface area contributed by atoms with Crippen molar-refractivity contribution in [1.29, 1.82) is 0 Å². The Hall–Kier alpha value is -2.10. The summed E-state index contributed by atoms with van der Waals surface area (Å²) < 4.78 is 4.90. The average molecular weight is 220 g/mol. The Labute approximate surface area is 93.2 Å². The lowest BCUT2D eigenvalue weighted by atomic mass is 10.1. The molecule has 0 aliphatic heterocycles. The van der Waals surface area contributed by atoms with E-state index in [1.54, 1.807) is 0 Å². The van der Waals surface area contributed by atoms with Crippen molar-refractivity contribution in [2.75, 3.05) is 0 Å². The van der Waals surface area contributed by atoms with Gasteiger partial charge in [0.05, 0.1) is 0 Å². The van der Waals surface area contributed by atoms with Gasteiger partial charge >= 0.3 is 5.97 Å². The van der Waals surface area contributed by atoms with Crippen molar-refractivity contribution in [3.63, 3.8) is 0 Å². The Balaban J connectivity index is 3.01. The number of phenolic OH excluding ortho intramolecular Hbond substituents is 1. The van der Waals surface area contributed by atoms with Gasteiger partial charge in [-0.2, -0.15) is 0 Å². The number of ether oxygens (including phenoxy) is 1. The number of ketones is 1. The molecule has 1 aromatic rings. The summed E-state index contributed by atoms with van der Waals surface area (Å²) in [5, 5.41) is 9.33. The molecule has 16 heavy (non-hydrogen) atoms. The molecule has 0 atom stereocenters. The third-order valence-corrected chi connectivity index (χ3v) is 1.86. The molecule has 0 aliphatic carbocycles. The number of phenols is 1. The van der Waals surface area contributed by atoms with Crippen LogP contribution in [0.4, 0.5) is 0 Å². The van der Waals surface area contributed by atoms with Gasteiger partial charge in [0, 0.05) is 17.2 Å². The fourth-order valence-electron chi connectivity index (χ4n) is 1.04. The second-order valence-corrected chi connectivity index (χ2v) is 3.44. The maximum Gasteiger partial charge on any atom is 0.338 e. The van der Waals surface area contributed by atoms with Crippen LogP contribution in [-0.2, 0) is 4.79 Å². The zero-order chi connectivity index (χ0) is 12.3. The number of rotatable bonds is 3. The van der Waals surface area contributed by atoms with Crippen LogP contribution in [0.1, 0.15) is 24.2 Å². The number of carbonyl (C=O) groups is 2. The second kappa shape index (κ2) is 4.61. The highest BCUT2D eigenvalue weighted by atomic mass is 16.5. The van der Waals surface area contributed by atoms with Crippen LogP contribution in [0.3, 0.4) is 0 Å². The van der Waals surface area contributed by atoms with Gasteiger partial charge in [0.25, 0.3) is 0 Å². The Bertz CT molecular complexity index is 460. The van der Waals surface area contributed by atoms with E-state index >= 15 is 0 Å². The first kappa shape index (κ1) is 12.0. The topological polar surface area (TPSA) is 63.6 Å². The summed E-state index contributed by atoms with van der Waals surface area (Å²) in [6, 6.07) is 3.95. The zero-order valence-electron chi connectivity index (χ0n) is 9.11. The molecule has 0 radical (unpaired) electrons. The van der Waals surface area contributed by atoms with E-state index in [4.69, 9.17) is 4.74 Å². The van der Waals surface area contributed by atoms with Crippen molar-refractivity contribution in [1.82, 2.24) is 0 Å². The molecule has 0 amide bonds. The van der Waals surface area contributed by atoms with Crippen molar-refractivity contribution in [2.45, 2.75) is 13.8 Å². The van der Waals surface area contributed by atoms with Gasteiger partial charge in [-0.25, -0.2) is 4.79 Å². The second-order valence-electron chi connectivity index (χ2n) is 3.44. The smallest absolute Gasteiger partial charge is 0.338 e. The Morgan fingerprint density at radius 2 is 1.88 bits per heavy atom. The Morgan fingerprint density at radius 3 is 2.38 bits per heavy atom. The monoisotopic (exact) mass is 220 g/mol. The maximum atomic E-state index is 11.2. The molecule has 0 fully saturated rings. The average Bonchev–Trinajstić information content (AvgIpc) is 2.16. The summed E-state index contributed by atoms with van der Waals surface area (Å²) in [4.78, 5) is 22.3. The minimum Gasteiger partial charge on any atom is -0.508 e. The molecular formula is C12H12O4. The number of aromatic hydroxyl groups is 1. The fourth-order valence-corrected chi connectivity index (χ4v) is 1.04. The maximum absolute atomic E-state index is 11.2. The van der Waals surface area contributed by atoms with E-state index in [0.717, 1.165) is 0 Å². The first-order valence-corrected chi connectivity index (χ1v) is 4.63. The molecule has 1 N–H and O–H groups in total. The van der Waals surface area contributed by atoms with E-state index in [1.807, 2.05) is 0 Å². The Kier molecular flexibility index (Phi) is 3.45. The van der Waals surface area contributed by atoms with Crippen LogP contribution < -0.4 is 4.74 Å². The lowest BCUT2D eigenvalue weighted by Gasteiger charge is -2.05. The zero-order valence-corrected chi connectivity index (χ0v) is 9.11. The minimum absolute atomic E-state index is 0.123. The fraction of sp³-hybridized carbons (Fsp3) is 0.167. The summed E-state index contributed by atoms with van der Waals surface area (Å²) in [5.74, 6) is -0.820. The summed E-state index contributed by atoms with van der Waals surface area (Å²) in [6.07, 6.45) is 0. The summed E-state index contributed by atoms with van der Waals surface area (Å²) in [6.45, 7) is 6.30. The van der Waals surface area contributed by atoms with E-state index in [2.05, 4.69) is 6.58 Å². The van der Waals surface area contributed by atoms with E-state index in [1.165, 1.54) is 32.0 Å². The van der Waals surface area contributed by atoms with E-state index in [-0.39, 0.29) is 28.4 Å². The van der Waals surface area contributed by atoms with Crippen molar-refractivity contribution in [3.8, 4) is 11.5 Å². The minimum atomic E-state index is -0.597. The molecule has 0 saturated carbocycles. The van der Waals surface area contributed by atoms with Crippen LogP contribution in [0, 0.1) is 0 Å². The Morgan fingerprint density at radius 1 is 1.25 bits per heavy atom. The van der Waals surface area contributed by atoms with Gasteiger partial charge in [0.2, 0.25) is 0 Å². The van der Waals surface area contributed by atoms with Gasteiger partial charge in [-0.05, 0) is 26.0 Å². The van der Waals surface area contributed by atoms with Crippen LogP contribution in [0.2, 0.25) is 0 Å². The number of esters is 1. The third-order valence-electron chi connectivity index (χ3n) is 1.86. The van der Waals surface area contributed by atoms with Gasteiger partial charge in [0.1, 0.15) is 11.5 Å². The first-order chi connectivity index (χ1) is 7.40. The molecule has 0 aromatic heterocycles. The molecular weight excluding hydrogens is 208 g/mol. The van der Waals surface area contributed by atoms with Crippen molar-refractivity contribution in [2.24, 2.45) is 0 Å². The SMILES string of the molecule is C=C(C)C(=O)Oc1cc(O)cc(C(C)=O)c1. The number of carbonyl (C=O) groups excluding carboxylic acids is 2. The first-order valence-electron chi connectivity index (χ1n) is 4.63. The van der Waals surface area contributed by atoms with Crippen molar-refractivity contribution in [3.05, 3.63) is 35.9 Å². The molecule has 4 heteroatoms.